The van der Waals surface area contributed by atoms with Gasteiger partial charge in [-0.3, -0.25) is 0 Å². The van der Waals surface area contributed by atoms with Gasteiger partial charge in [0.05, 0.1) is 0 Å². The van der Waals surface area contributed by atoms with Crippen molar-refractivity contribution in [3.8, 4) is 17.5 Å². The minimum Gasteiger partial charge on any atom is -0.477 e. The average molecular weight is 162 g/mol. The van der Waals surface area contributed by atoms with Crippen molar-refractivity contribution in [1.82, 2.24) is 10.1 Å². The van der Waals surface area contributed by atoms with Crippen molar-refractivity contribution in [1.29, 1.82) is 0 Å². The van der Waals surface area contributed by atoms with Gasteiger partial charge in [0.15, 0.2) is 0 Å². The Labute approximate surface area is 68.5 Å². The van der Waals surface area contributed by atoms with Gasteiger partial charge in [-0.25, -0.2) is 0 Å². The number of nitrogens with zero attached hydrogens (tertiary/aromatic N) is 2. The predicted molar refractivity (Wildman–Crippen MR) is 41.4 cm³/mol. The molecule has 0 saturated carbocycles. The summed E-state index contributed by atoms with van der Waals surface area (Å²) in [4.78, 5) is 3.66. The van der Waals surface area contributed by atoms with Crippen LogP contribution in [0.1, 0.15) is 0 Å². The molecule has 60 valence electrons. The molecule has 0 unspecified atom stereocenters. The van der Waals surface area contributed by atoms with Gasteiger partial charge in [-0.2, -0.15) is 4.98 Å². The average Bonchev–Trinajstić information content (AvgIpc) is 2.54. The molecule has 2 aromatic rings. The summed E-state index contributed by atoms with van der Waals surface area (Å²) in [5.74, 6) is 0.327. The fourth-order valence-corrected chi connectivity index (χ4v) is 0.914. The van der Waals surface area contributed by atoms with Gasteiger partial charge in [0.2, 0.25) is 0 Å². The number of rotatable bonds is 1. The smallest absolute Gasteiger partial charge is 0.352 e. The van der Waals surface area contributed by atoms with Crippen LogP contribution in [0.15, 0.2) is 34.9 Å². The minimum atomic E-state index is -0.339. The zero-order valence-corrected chi connectivity index (χ0v) is 6.14. The topological polar surface area (TPSA) is 59.2 Å². The fraction of sp³-hybridized carbons (Fsp3) is 0. The second-order valence-electron chi connectivity index (χ2n) is 2.27. The van der Waals surface area contributed by atoms with Crippen LogP contribution in [-0.4, -0.2) is 15.2 Å². The molecular weight excluding hydrogens is 156 g/mol. The van der Waals surface area contributed by atoms with Crippen LogP contribution >= 0.6 is 0 Å². The van der Waals surface area contributed by atoms with Crippen LogP contribution in [0.3, 0.4) is 0 Å². The summed E-state index contributed by atoms with van der Waals surface area (Å²) in [7, 11) is 0. The molecule has 0 fully saturated rings. The van der Waals surface area contributed by atoms with Crippen molar-refractivity contribution in [2.45, 2.75) is 0 Å². The van der Waals surface area contributed by atoms with E-state index in [1.54, 1.807) is 0 Å². The van der Waals surface area contributed by atoms with Crippen molar-refractivity contribution < 1.29 is 9.63 Å². The third kappa shape index (κ3) is 1.14. The lowest BCUT2D eigenvalue weighted by atomic mass is 10.2. The molecule has 12 heavy (non-hydrogen) atoms. The summed E-state index contributed by atoms with van der Waals surface area (Å²) >= 11 is 0. The quantitative estimate of drug-likeness (QED) is 0.689. The summed E-state index contributed by atoms with van der Waals surface area (Å²) in [6, 6.07) is 8.92. The molecular formula is C8H6N2O2. The minimum absolute atomic E-state index is 0.327. The largest absolute Gasteiger partial charge is 0.477 e. The number of benzene rings is 1. The third-order valence-corrected chi connectivity index (χ3v) is 1.44. The monoisotopic (exact) mass is 162 g/mol. The molecule has 0 saturated heterocycles. The summed E-state index contributed by atoms with van der Waals surface area (Å²) < 4.78 is 4.74. The zero-order valence-electron chi connectivity index (χ0n) is 6.14. The maximum Gasteiger partial charge on any atom is 0.352 e. The molecule has 1 heterocycles. The highest BCUT2D eigenvalue weighted by molar-refractivity contribution is 5.52. The first-order valence-electron chi connectivity index (χ1n) is 3.44. The third-order valence-electron chi connectivity index (χ3n) is 1.44. The SMILES string of the molecule is Oc1noc(-c2ccccc2)n1. The second-order valence-corrected chi connectivity index (χ2v) is 2.27. The van der Waals surface area contributed by atoms with Crippen molar-refractivity contribution >= 4 is 0 Å². The maximum atomic E-state index is 8.80. The lowest BCUT2D eigenvalue weighted by molar-refractivity contribution is 0.363. The Kier molecular flexibility index (Phi) is 1.51. The Balaban J connectivity index is 2.45. The van der Waals surface area contributed by atoms with Gasteiger partial charge in [-0.15, -0.1) is 0 Å². The van der Waals surface area contributed by atoms with Gasteiger partial charge >= 0.3 is 6.01 Å². The zero-order chi connectivity index (χ0) is 8.39. The Morgan fingerprint density at radius 3 is 2.50 bits per heavy atom. The molecule has 2 rings (SSSR count). The highest BCUT2D eigenvalue weighted by Gasteiger charge is 2.05. The molecule has 0 amide bonds. The Hall–Kier alpha value is -1.84. The first kappa shape index (κ1) is 6.84. The summed E-state index contributed by atoms with van der Waals surface area (Å²) in [5.41, 5.74) is 0.797. The molecule has 1 N–H and O–H groups in total. The first-order chi connectivity index (χ1) is 5.86. The molecule has 0 radical (unpaired) electrons. The number of hydrogen-bond donors (Lipinski definition) is 1. The summed E-state index contributed by atoms with van der Waals surface area (Å²) in [5, 5.41) is 12.1. The van der Waals surface area contributed by atoms with Crippen molar-refractivity contribution in [2.75, 3.05) is 0 Å². The van der Waals surface area contributed by atoms with E-state index in [1.807, 2.05) is 30.3 Å². The molecule has 4 nitrogen and oxygen atoms in total. The molecule has 0 aliphatic heterocycles. The van der Waals surface area contributed by atoms with Crippen molar-refractivity contribution in [2.24, 2.45) is 0 Å². The van der Waals surface area contributed by atoms with E-state index in [4.69, 9.17) is 9.63 Å². The van der Waals surface area contributed by atoms with E-state index in [9.17, 15) is 0 Å². The first-order valence-corrected chi connectivity index (χ1v) is 3.44. The van der Waals surface area contributed by atoms with Gasteiger partial charge < -0.3 is 9.63 Å². The number of aromatic nitrogens is 2. The Morgan fingerprint density at radius 2 is 1.92 bits per heavy atom. The van der Waals surface area contributed by atoms with E-state index in [0.29, 0.717) is 5.89 Å². The summed E-state index contributed by atoms with van der Waals surface area (Å²) in [6.07, 6.45) is 0. The van der Waals surface area contributed by atoms with Crippen molar-refractivity contribution in [3.05, 3.63) is 30.3 Å². The van der Waals surface area contributed by atoms with Crippen LogP contribution in [0.5, 0.6) is 6.01 Å². The Morgan fingerprint density at radius 1 is 1.17 bits per heavy atom. The van der Waals surface area contributed by atoms with Crippen molar-refractivity contribution in [3.63, 3.8) is 0 Å². The van der Waals surface area contributed by atoms with Gasteiger partial charge in [0.1, 0.15) is 0 Å². The molecule has 1 aromatic heterocycles. The highest BCUT2D eigenvalue weighted by Crippen LogP contribution is 2.17. The van der Waals surface area contributed by atoms with Crippen LogP contribution in [0.4, 0.5) is 0 Å². The normalized spacial score (nSPS) is 10.0. The fourth-order valence-electron chi connectivity index (χ4n) is 0.914. The standard InChI is InChI=1S/C8H6N2O2/c11-8-9-7(12-10-8)6-4-2-1-3-5-6/h1-5H,(H,10,11). The second kappa shape index (κ2) is 2.65. The van der Waals surface area contributed by atoms with Crippen LogP contribution in [0, 0.1) is 0 Å². The van der Waals surface area contributed by atoms with Gasteiger partial charge in [-0.05, 0) is 17.3 Å². The van der Waals surface area contributed by atoms with E-state index in [2.05, 4.69) is 10.1 Å². The number of hydrogen-bond acceptors (Lipinski definition) is 4. The predicted octanol–water partition coefficient (Wildman–Crippen LogP) is 1.44. The van der Waals surface area contributed by atoms with E-state index in [1.165, 1.54) is 0 Å². The molecule has 0 atom stereocenters. The maximum absolute atomic E-state index is 8.80. The van der Waals surface area contributed by atoms with Crippen LogP contribution < -0.4 is 0 Å². The molecule has 0 bridgehead atoms. The van der Waals surface area contributed by atoms with E-state index in [-0.39, 0.29) is 6.01 Å². The Bertz CT molecular complexity index is 370. The van der Waals surface area contributed by atoms with Crippen LogP contribution in [0.2, 0.25) is 0 Å². The van der Waals surface area contributed by atoms with Gasteiger partial charge in [0.25, 0.3) is 5.89 Å². The molecule has 1 aromatic carbocycles. The van der Waals surface area contributed by atoms with Gasteiger partial charge in [-0.1, -0.05) is 18.2 Å². The van der Waals surface area contributed by atoms with Crippen LogP contribution in [0.25, 0.3) is 11.5 Å². The van der Waals surface area contributed by atoms with E-state index in [0.717, 1.165) is 5.56 Å². The molecule has 4 heteroatoms. The lowest BCUT2D eigenvalue weighted by Gasteiger charge is -1.89. The summed E-state index contributed by atoms with van der Waals surface area (Å²) in [6.45, 7) is 0. The lowest BCUT2D eigenvalue weighted by Crippen LogP contribution is -1.74. The molecule has 0 spiro atoms. The van der Waals surface area contributed by atoms with Gasteiger partial charge in [0, 0.05) is 5.56 Å². The number of aromatic hydroxyl groups is 1. The van der Waals surface area contributed by atoms with E-state index >= 15 is 0 Å². The van der Waals surface area contributed by atoms with E-state index < -0.39 is 0 Å². The van der Waals surface area contributed by atoms with Crippen LogP contribution in [-0.2, 0) is 0 Å². The molecule has 0 aliphatic carbocycles. The molecule has 0 aliphatic rings. The highest BCUT2D eigenvalue weighted by atomic mass is 16.5.